The van der Waals surface area contributed by atoms with Crippen LogP contribution in [0.4, 0.5) is 20.2 Å². The highest BCUT2D eigenvalue weighted by atomic mass is 19.1. The van der Waals surface area contributed by atoms with Gasteiger partial charge in [0.2, 0.25) is 5.82 Å². The maximum Gasteiger partial charge on any atom is 0.327 e. The van der Waals surface area contributed by atoms with E-state index in [-0.39, 0.29) is 24.3 Å². The fourth-order valence-corrected chi connectivity index (χ4v) is 2.68. The van der Waals surface area contributed by atoms with Crippen LogP contribution in [0.1, 0.15) is 25.7 Å². The van der Waals surface area contributed by atoms with Crippen molar-refractivity contribution in [1.29, 1.82) is 0 Å². The molecule has 1 aliphatic rings. The summed E-state index contributed by atoms with van der Waals surface area (Å²) in [6, 6.07) is 1.39. The van der Waals surface area contributed by atoms with E-state index in [4.69, 9.17) is 0 Å². The van der Waals surface area contributed by atoms with Crippen LogP contribution in [0, 0.1) is 27.2 Å². The third kappa shape index (κ3) is 2.87. The van der Waals surface area contributed by atoms with Gasteiger partial charge >= 0.3 is 5.69 Å². The standard InChI is InChI=1S/C13H16F2N2O3/c14-9-5-10(15)12(17(19)20)11(6-9)16-7-13(8-18)3-1-2-4-13/h5-6,16,18H,1-4,7-8H2. The van der Waals surface area contributed by atoms with Gasteiger partial charge in [-0.1, -0.05) is 12.8 Å². The Labute approximate surface area is 114 Å². The minimum atomic E-state index is -1.21. The summed E-state index contributed by atoms with van der Waals surface area (Å²) in [4.78, 5) is 9.98. The minimum Gasteiger partial charge on any atom is -0.396 e. The summed E-state index contributed by atoms with van der Waals surface area (Å²) in [5, 5.41) is 23.0. The second kappa shape index (κ2) is 5.70. The second-order valence-electron chi connectivity index (χ2n) is 5.26. The molecule has 2 rings (SSSR count). The van der Waals surface area contributed by atoms with Crippen molar-refractivity contribution in [3.05, 3.63) is 33.9 Å². The average molecular weight is 286 g/mol. The number of hydrogen-bond acceptors (Lipinski definition) is 4. The topological polar surface area (TPSA) is 75.4 Å². The molecule has 1 saturated carbocycles. The van der Waals surface area contributed by atoms with Crippen LogP contribution in [-0.4, -0.2) is 23.2 Å². The molecular formula is C13H16F2N2O3. The second-order valence-corrected chi connectivity index (χ2v) is 5.26. The fourth-order valence-electron chi connectivity index (χ4n) is 2.68. The summed E-state index contributed by atoms with van der Waals surface area (Å²) < 4.78 is 26.7. The van der Waals surface area contributed by atoms with Crippen molar-refractivity contribution in [2.24, 2.45) is 5.41 Å². The van der Waals surface area contributed by atoms with Gasteiger partial charge in [0.25, 0.3) is 0 Å². The van der Waals surface area contributed by atoms with Crippen molar-refractivity contribution in [3.63, 3.8) is 0 Å². The zero-order chi connectivity index (χ0) is 14.8. The number of anilines is 1. The molecular weight excluding hydrogens is 270 g/mol. The van der Waals surface area contributed by atoms with Crippen molar-refractivity contribution in [3.8, 4) is 0 Å². The van der Waals surface area contributed by atoms with Crippen LogP contribution in [0.15, 0.2) is 12.1 Å². The van der Waals surface area contributed by atoms with Gasteiger partial charge in [-0.15, -0.1) is 0 Å². The Morgan fingerprint density at radius 3 is 2.55 bits per heavy atom. The van der Waals surface area contributed by atoms with Crippen molar-refractivity contribution >= 4 is 11.4 Å². The Bertz CT molecular complexity index is 517. The highest BCUT2D eigenvalue weighted by Crippen LogP contribution is 2.38. The van der Waals surface area contributed by atoms with Crippen molar-refractivity contribution in [1.82, 2.24) is 0 Å². The molecule has 1 aliphatic carbocycles. The van der Waals surface area contributed by atoms with Crippen LogP contribution in [0.25, 0.3) is 0 Å². The van der Waals surface area contributed by atoms with E-state index in [1.54, 1.807) is 0 Å². The first kappa shape index (κ1) is 14.6. The van der Waals surface area contributed by atoms with Crippen LogP contribution in [-0.2, 0) is 0 Å². The normalized spacial score (nSPS) is 17.1. The summed E-state index contributed by atoms with van der Waals surface area (Å²) in [6.45, 7) is 0.207. The molecule has 20 heavy (non-hydrogen) atoms. The molecule has 0 radical (unpaired) electrons. The van der Waals surface area contributed by atoms with Crippen LogP contribution in [0.2, 0.25) is 0 Å². The first-order chi connectivity index (χ1) is 9.47. The van der Waals surface area contributed by atoms with Gasteiger partial charge in [0.15, 0.2) is 0 Å². The molecule has 0 aliphatic heterocycles. The highest BCUT2D eigenvalue weighted by molar-refractivity contribution is 5.62. The zero-order valence-corrected chi connectivity index (χ0v) is 10.9. The number of aliphatic hydroxyl groups excluding tert-OH is 1. The number of nitrogens with one attached hydrogen (secondary N) is 1. The molecule has 1 fully saturated rings. The molecule has 0 heterocycles. The van der Waals surface area contributed by atoms with E-state index in [0.717, 1.165) is 31.7 Å². The highest BCUT2D eigenvalue weighted by Gasteiger charge is 2.34. The number of rotatable bonds is 5. The number of hydrogen-bond donors (Lipinski definition) is 2. The quantitative estimate of drug-likeness (QED) is 0.644. The number of nitro groups is 1. The van der Waals surface area contributed by atoms with E-state index >= 15 is 0 Å². The molecule has 0 spiro atoms. The summed E-state index contributed by atoms with van der Waals surface area (Å²) in [5.74, 6) is -2.08. The number of nitro benzene ring substituents is 1. The van der Waals surface area contributed by atoms with E-state index in [2.05, 4.69) is 5.32 Å². The maximum atomic E-state index is 13.5. The van der Waals surface area contributed by atoms with E-state index in [1.807, 2.05) is 0 Å². The van der Waals surface area contributed by atoms with E-state index < -0.39 is 22.2 Å². The molecule has 2 N–H and O–H groups in total. The summed E-state index contributed by atoms with van der Waals surface area (Å²) in [6.07, 6.45) is 3.54. The molecule has 7 heteroatoms. The van der Waals surface area contributed by atoms with Gasteiger partial charge in [0.1, 0.15) is 11.5 Å². The summed E-state index contributed by atoms with van der Waals surface area (Å²) >= 11 is 0. The fraction of sp³-hybridized carbons (Fsp3) is 0.538. The Morgan fingerprint density at radius 2 is 2.00 bits per heavy atom. The minimum absolute atomic E-state index is 0.0500. The Hall–Kier alpha value is -1.76. The van der Waals surface area contributed by atoms with Crippen molar-refractivity contribution in [2.45, 2.75) is 25.7 Å². The molecule has 0 bridgehead atoms. The third-order valence-corrected chi connectivity index (χ3v) is 3.86. The lowest BCUT2D eigenvalue weighted by Gasteiger charge is -2.27. The first-order valence-corrected chi connectivity index (χ1v) is 6.46. The van der Waals surface area contributed by atoms with E-state index in [0.29, 0.717) is 6.07 Å². The molecule has 110 valence electrons. The van der Waals surface area contributed by atoms with Crippen molar-refractivity contribution < 1.29 is 18.8 Å². The van der Waals surface area contributed by atoms with Gasteiger partial charge in [-0.25, -0.2) is 4.39 Å². The predicted molar refractivity (Wildman–Crippen MR) is 69.5 cm³/mol. The van der Waals surface area contributed by atoms with Crippen LogP contribution >= 0.6 is 0 Å². The first-order valence-electron chi connectivity index (χ1n) is 6.46. The lowest BCUT2D eigenvalue weighted by atomic mass is 9.87. The monoisotopic (exact) mass is 286 g/mol. The maximum absolute atomic E-state index is 13.5. The number of aliphatic hydroxyl groups is 1. The zero-order valence-electron chi connectivity index (χ0n) is 10.9. The van der Waals surface area contributed by atoms with Crippen LogP contribution in [0.5, 0.6) is 0 Å². The smallest absolute Gasteiger partial charge is 0.327 e. The molecule has 0 amide bonds. The van der Waals surface area contributed by atoms with Gasteiger partial charge in [-0.2, -0.15) is 4.39 Å². The van der Waals surface area contributed by atoms with Gasteiger partial charge in [-0.05, 0) is 12.8 Å². The average Bonchev–Trinajstić information content (AvgIpc) is 2.84. The Morgan fingerprint density at radius 1 is 1.35 bits per heavy atom. The molecule has 0 atom stereocenters. The molecule has 1 aromatic carbocycles. The number of benzene rings is 1. The molecule has 5 nitrogen and oxygen atoms in total. The van der Waals surface area contributed by atoms with E-state index in [9.17, 15) is 24.0 Å². The molecule has 0 unspecified atom stereocenters. The van der Waals surface area contributed by atoms with Gasteiger partial charge in [-0.3, -0.25) is 10.1 Å². The lowest BCUT2D eigenvalue weighted by Crippen LogP contribution is -2.30. The number of halogens is 2. The van der Waals surface area contributed by atoms with Crippen LogP contribution in [0.3, 0.4) is 0 Å². The molecule has 1 aromatic rings. The summed E-state index contributed by atoms with van der Waals surface area (Å²) in [7, 11) is 0. The van der Waals surface area contributed by atoms with Gasteiger partial charge < -0.3 is 10.4 Å². The van der Waals surface area contributed by atoms with Crippen molar-refractivity contribution in [2.75, 3.05) is 18.5 Å². The largest absolute Gasteiger partial charge is 0.396 e. The molecule has 0 saturated heterocycles. The molecule has 0 aromatic heterocycles. The Kier molecular flexibility index (Phi) is 4.17. The van der Waals surface area contributed by atoms with E-state index in [1.165, 1.54) is 0 Å². The van der Waals surface area contributed by atoms with Gasteiger partial charge in [0, 0.05) is 24.1 Å². The third-order valence-electron chi connectivity index (χ3n) is 3.86. The lowest BCUT2D eigenvalue weighted by molar-refractivity contribution is -0.386. The number of nitrogens with zero attached hydrogens (tertiary/aromatic N) is 1. The van der Waals surface area contributed by atoms with Gasteiger partial charge in [0.05, 0.1) is 11.5 Å². The SMILES string of the molecule is O=[N+]([O-])c1c(F)cc(F)cc1NCC1(CO)CCCC1. The Balaban J connectivity index is 2.22. The summed E-state index contributed by atoms with van der Waals surface area (Å²) in [5.41, 5.74) is -1.32. The van der Waals surface area contributed by atoms with Crippen LogP contribution < -0.4 is 5.32 Å². The predicted octanol–water partition coefficient (Wildman–Crippen LogP) is 2.84.